The van der Waals surface area contributed by atoms with Crippen molar-refractivity contribution in [3.8, 4) is 0 Å². The molecule has 96 valence electrons. The monoisotopic (exact) mass is 256 g/mol. The van der Waals surface area contributed by atoms with Gasteiger partial charge in [-0.3, -0.25) is 4.79 Å². The molecule has 3 nitrogen and oxygen atoms in total. The molecule has 0 aliphatic carbocycles. The summed E-state index contributed by atoms with van der Waals surface area (Å²) < 4.78 is 24.2. The van der Waals surface area contributed by atoms with Gasteiger partial charge in [0.2, 0.25) is 0 Å². The molecule has 4 heteroatoms. The van der Waals surface area contributed by atoms with Crippen molar-refractivity contribution in [3.63, 3.8) is 0 Å². The predicted molar refractivity (Wildman–Crippen MR) is 67.5 cm³/mol. The van der Waals surface area contributed by atoms with E-state index < -0.39 is 9.84 Å². The highest BCUT2D eigenvalue weighted by molar-refractivity contribution is 7.92. The summed E-state index contributed by atoms with van der Waals surface area (Å²) in [4.78, 5) is 12.1. The Labute approximate surface area is 103 Å². The van der Waals surface area contributed by atoms with Crippen LogP contribution in [0, 0.1) is 5.92 Å². The van der Waals surface area contributed by atoms with E-state index in [2.05, 4.69) is 0 Å². The van der Waals surface area contributed by atoms with Crippen LogP contribution in [0.2, 0.25) is 0 Å². The molecular weight excluding hydrogens is 236 g/mol. The number of hydrogen-bond acceptors (Lipinski definition) is 3. The second-order valence-corrected chi connectivity index (χ2v) is 7.78. The lowest BCUT2D eigenvalue weighted by Gasteiger charge is -2.38. The van der Waals surface area contributed by atoms with E-state index in [9.17, 15) is 13.2 Å². The largest absolute Gasteiger partial charge is 0.294 e. The van der Waals surface area contributed by atoms with E-state index in [1.54, 1.807) is 0 Å². The summed E-state index contributed by atoms with van der Waals surface area (Å²) in [6, 6.07) is 0. The van der Waals surface area contributed by atoms with Crippen LogP contribution >= 0.6 is 0 Å². The van der Waals surface area contributed by atoms with Crippen LogP contribution in [-0.2, 0) is 14.6 Å². The van der Waals surface area contributed by atoms with Gasteiger partial charge >= 0.3 is 0 Å². The highest BCUT2D eigenvalue weighted by Gasteiger charge is 2.45. The first-order valence-electron chi connectivity index (χ1n) is 6.36. The van der Waals surface area contributed by atoms with Crippen LogP contribution in [0.3, 0.4) is 0 Å². The van der Waals surface area contributed by atoms with E-state index in [1.807, 2.05) is 19.9 Å². The fourth-order valence-corrected chi connectivity index (χ4v) is 5.62. The van der Waals surface area contributed by atoms with Gasteiger partial charge in [-0.1, -0.05) is 12.5 Å². The van der Waals surface area contributed by atoms with Gasteiger partial charge in [-0.2, -0.15) is 0 Å². The topological polar surface area (TPSA) is 51.2 Å². The summed E-state index contributed by atoms with van der Waals surface area (Å²) in [6.07, 6.45) is 5.40. The van der Waals surface area contributed by atoms with Crippen molar-refractivity contribution in [1.82, 2.24) is 0 Å². The fourth-order valence-electron chi connectivity index (χ4n) is 3.09. The molecule has 2 aliphatic rings. The Kier molecular flexibility index (Phi) is 3.43. The van der Waals surface area contributed by atoms with Crippen LogP contribution in [0.5, 0.6) is 0 Å². The van der Waals surface area contributed by atoms with Gasteiger partial charge < -0.3 is 0 Å². The van der Waals surface area contributed by atoms with Gasteiger partial charge in [-0.25, -0.2) is 8.42 Å². The normalized spacial score (nSPS) is 36.6. The number of hydrogen-bond donors (Lipinski definition) is 0. The molecule has 17 heavy (non-hydrogen) atoms. The zero-order valence-electron chi connectivity index (χ0n) is 10.5. The second-order valence-electron chi connectivity index (χ2n) is 5.27. The summed E-state index contributed by atoms with van der Waals surface area (Å²) in [6.45, 7) is 3.68. The Hall–Kier alpha value is -0.640. The maximum absolute atomic E-state index is 12.1. The van der Waals surface area contributed by atoms with Crippen LogP contribution in [-0.4, -0.2) is 24.7 Å². The smallest absolute Gasteiger partial charge is 0.161 e. The molecule has 2 unspecified atom stereocenters. The highest BCUT2D eigenvalue weighted by atomic mass is 32.2. The number of carbonyl (C=O) groups is 1. The molecule has 2 rings (SSSR count). The molecule has 2 fully saturated rings. The van der Waals surface area contributed by atoms with E-state index in [0.717, 1.165) is 24.8 Å². The molecule has 0 saturated carbocycles. The number of fused-ring (bicyclic) bond motifs is 2. The average Bonchev–Trinajstić information content (AvgIpc) is 2.25. The molecule has 0 aromatic heterocycles. The standard InChI is InChI=1S/C13H20O3S/c1-3-9(2)13(14)10-7-11-5-4-6-12(8-10)17(11,15)16/h3,10-12H,4-8H2,1-2H3. The maximum atomic E-state index is 12.1. The predicted octanol–water partition coefficient (Wildman–Crippen LogP) is 2.27. The second kappa shape index (κ2) is 4.56. The molecule has 2 saturated heterocycles. The van der Waals surface area contributed by atoms with Crippen molar-refractivity contribution in [1.29, 1.82) is 0 Å². The first kappa shape index (κ1) is 12.8. The quantitative estimate of drug-likeness (QED) is 0.712. The van der Waals surface area contributed by atoms with Crippen LogP contribution in [0.15, 0.2) is 11.6 Å². The zero-order chi connectivity index (χ0) is 12.6. The molecule has 0 radical (unpaired) electrons. The lowest BCUT2D eigenvalue weighted by Crippen LogP contribution is -2.45. The minimum absolute atomic E-state index is 0.0648. The van der Waals surface area contributed by atoms with Gasteiger partial charge in [0.25, 0.3) is 0 Å². The summed E-state index contributed by atoms with van der Waals surface area (Å²) in [5, 5.41) is -0.512. The number of carbonyl (C=O) groups excluding carboxylic acids is 1. The minimum Gasteiger partial charge on any atom is -0.294 e. The van der Waals surface area contributed by atoms with E-state index >= 15 is 0 Å². The number of sulfone groups is 1. The van der Waals surface area contributed by atoms with E-state index in [1.165, 1.54) is 0 Å². The average molecular weight is 256 g/mol. The van der Waals surface area contributed by atoms with Crippen LogP contribution < -0.4 is 0 Å². The molecule has 0 spiro atoms. The third kappa shape index (κ3) is 2.19. The van der Waals surface area contributed by atoms with Crippen molar-refractivity contribution >= 4 is 15.6 Å². The summed E-state index contributed by atoms with van der Waals surface area (Å²) in [5.41, 5.74) is 0.771. The Morgan fingerprint density at radius 3 is 2.18 bits per heavy atom. The van der Waals surface area contributed by atoms with Gasteiger partial charge in [0.05, 0.1) is 10.5 Å². The Bertz CT molecular complexity index is 427. The lowest BCUT2D eigenvalue weighted by atomic mass is 9.84. The molecule has 2 aliphatic heterocycles. The van der Waals surface area contributed by atoms with Crippen molar-refractivity contribution in [2.75, 3.05) is 0 Å². The number of ketones is 1. The highest BCUT2D eigenvalue weighted by Crippen LogP contribution is 2.40. The van der Waals surface area contributed by atoms with E-state index in [-0.39, 0.29) is 22.2 Å². The first-order valence-corrected chi connectivity index (χ1v) is 7.97. The number of Topliss-reactive ketones (excluding diaryl/α,β-unsaturated/α-hetero) is 1. The van der Waals surface area contributed by atoms with Crippen LogP contribution in [0.25, 0.3) is 0 Å². The molecule has 0 aromatic carbocycles. The molecule has 0 aromatic rings. The van der Waals surface area contributed by atoms with Gasteiger partial charge in [-0.15, -0.1) is 0 Å². The Balaban J connectivity index is 2.20. The molecule has 2 bridgehead atoms. The SMILES string of the molecule is CC=C(C)C(=O)C1CC2CCCC(C1)S2(=O)=O. The van der Waals surface area contributed by atoms with Gasteiger partial charge in [0.15, 0.2) is 15.6 Å². The van der Waals surface area contributed by atoms with Crippen molar-refractivity contribution in [2.45, 2.75) is 56.5 Å². The molecule has 2 heterocycles. The molecule has 2 atom stereocenters. The van der Waals surface area contributed by atoms with Crippen molar-refractivity contribution in [2.24, 2.45) is 5.92 Å². The number of allylic oxidation sites excluding steroid dienone is 2. The summed E-state index contributed by atoms with van der Waals surface area (Å²) >= 11 is 0. The minimum atomic E-state index is -2.94. The van der Waals surface area contributed by atoms with Crippen molar-refractivity contribution in [3.05, 3.63) is 11.6 Å². The zero-order valence-corrected chi connectivity index (χ0v) is 11.3. The van der Waals surface area contributed by atoms with Gasteiger partial charge in [0, 0.05) is 5.92 Å². The fraction of sp³-hybridized carbons (Fsp3) is 0.769. The Morgan fingerprint density at radius 2 is 1.71 bits per heavy atom. The first-order chi connectivity index (χ1) is 7.96. The van der Waals surface area contributed by atoms with Crippen molar-refractivity contribution < 1.29 is 13.2 Å². The van der Waals surface area contributed by atoms with Gasteiger partial charge in [-0.05, 0) is 45.1 Å². The summed E-state index contributed by atoms with van der Waals surface area (Å²) in [5.74, 6) is 0.0873. The maximum Gasteiger partial charge on any atom is 0.161 e. The van der Waals surface area contributed by atoms with Crippen LogP contribution in [0.1, 0.15) is 46.0 Å². The van der Waals surface area contributed by atoms with Crippen LogP contribution in [0.4, 0.5) is 0 Å². The Morgan fingerprint density at radius 1 is 1.18 bits per heavy atom. The third-order valence-electron chi connectivity index (χ3n) is 4.27. The third-order valence-corrected chi connectivity index (χ3v) is 6.98. The van der Waals surface area contributed by atoms with E-state index in [4.69, 9.17) is 0 Å². The lowest BCUT2D eigenvalue weighted by molar-refractivity contribution is -0.119. The van der Waals surface area contributed by atoms with E-state index in [0.29, 0.717) is 12.8 Å². The molecular formula is C13H20O3S. The summed E-state index contributed by atoms with van der Waals surface area (Å²) in [7, 11) is -2.94. The molecule has 0 amide bonds. The number of rotatable bonds is 2. The molecule has 0 N–H and O–H groups in total. The van der Waals surface area contributed by atoms with Gasteiger partial charge in [0.1, 0.15) is 0 Å².